The molecule has 3 N–H and O–H groups in total. The van der Waals surface area contributed by atoms with Gasteiger partial charge in [-0.15, -0.1) is 0 Å². The number of rotatable bonds is 2. The Morgan fingerprint density at radius 2 is 2.12 bits per heavy atom. The van der Waals surface area contributed by atoms with Crippen LogP contribution in [0.25, 0.3) is 0 Å². The molecule has 0 saturated heterocycles. The monoisotopic (exact) mass is 222 g/mol. The third kappa shape index (κ3) is 2.01. The van der Waals surface area contributed by atoms with Crippen LogP contribution in [0.4, 0.5) is 10.1 Å². The minimum Gasteiger partial charge on any atom is -0.398 e. The van der Waals surface area contributed by atoms with Gasteiger partial charge in [-0.2, -0.15) is 0 Å². The van der Waals surface area contributed by atoms with Crippen LogP contribution >= 0.6 is 0 Å². The van der Waals surface area contributed by atoms with Crippen molar-refractivity contribution in [3.63, 3.8) is 0 Å². The van der Waals surface area contributed by atoms with Gasteiger partial charge in [0.1, 0.15) is 5.82 Å². The molecule has 16 heavy (non-hydrogen) atoms. The van der Waals surface area contributed by atoms with Crippen LogP contribution in [0.3, 0.4) is 0 Å². The molecule has 1 amide bonds. The van der Waals surface area contributed by atoms with Crippen LogP contribution in [0.5, 0.6) is 0 Å². The molecule has 2 rings (SSSR count). The second-order valence-electron chi connectivity index (χ2n) is 4.69. The van der Waals surface area contributed by atoms with Gasteiger partial charge in [-0.25, -0.2) is 4.39 Å². The summed E-state index contributed by atoms with van der Waals surface area (Å²) in [5.41, 5.74) is 6.50. The minimum atomic E-state index is -0.439. The molecule has 0 bridgehead atoms. The van der Waals surface area contributed by atoms with E-state index in [0.29, 0.717) is 11.3 Å². The Labute approximate surface area is 93.8 Å². The summed E-state index contributed by atoms with van der Waals surface area (Å²) in [4.78, 5) is 11.8. The molecule has 0 heterocycles. The Morgan fingerprint density at radius 3 is 2.62 bits per heavy atom. The zero-order valence-electron chi connectivity index (χ0n) is 9.43. The predicted molar refractivity (Wildman–Crippen MR) is 60.7 cm³/mol. The molecular formula is C12H15FN2O. The molecule has 0 spiro atoms. The summed E-state index contributed by atoms with van der Waals surface area (Å²) >= 11 is 0. The van der Waals surface area contributed by atoms with E-state index >= 15 is 0 Å². The van der Waals surface area contributed by atoms with Gasteiger partial charge in [-0.05, 0) is 38.8 Å². The Morgan fingerprint density at radius 1 is 1.50 bits per heavy atom. The highest BCUT2D eigenvalue weighted by Gasteiger charge is 2.38. The SMILES string of the molecule is Cc1c(N)cc(C(=O)NC2(C)CC2)cc1F. The summed E-state index contributed by atoms with van der Waals surface area (Å²) in [6, 6.07) is 2.74. The summed E-state index contributed by atoms with van der Waals surface area (Å²) in [5.74, 6) is -0.697. The van der Waals surface area contributed by atoms with E-state index in [4.69, 9.17) is 5.73 Å². The molecule has 1 aliphatic carbocycles. The first-order valence-electron chi connectivity index (χ1n) is 5.29. The van der Waals surface area contributed by atoms with E-state index in [-0.39, 0.29) is 17.0 Å². The first-order chi connectivity index (χ1) is 7.41. The van der Waals surface area contributed by atoms with Gasteiger partial charge >= 0.3 is 0 Å². The maximum Gasteiger partial charge on any atom is 0.251 e. The molecule has 0 aliphatic heterocycles. The molecule has 1 aromatic carbocycles. The van der Waals surface area contributed by atoms with Gasteiger partial charge in [-0.3, -0.25) is 4.79 Å². The van der Waals surface area contributed by atoms with E-state index in [1.165, 1.54) is 12.1 Å². The second-order valence-corrected chi connectivity index (χ2v) is 4.69. The smallest absolute Gasteiger partial charge is 0.251 e. The zero-order chi connectivity index (χ0) is 11.9. The number of nitrogens with one attached hydrogen (secondary N) is 1. The van der Waals surface area contributed by atoms with E-state index in [1.807, 2.05) is 6.92 Å². The summed E-state index contributed by atoms with van der Waals surface area (Å²) in [5, 5.41) is 2.86. The largest absolute Gasteiger partial charge is 0.398 e. The molecule has 86 valence electrons. The molecule has 0 unspecified atom stereocenters. The standard InChI is InChI=1S/C12H15FN2O/c1-7-9(13)5-8(6-10(7)14)11(16)15-12(2)3-4-12/h5-6H,3-4,14H2,1-2H3,(H,15,16). The van der Waals surface area contributed by atoms with Crippen LogP contribution in [0.2, 0.25) is 0 Å². The van der Waals surface area contributed by atoms with Crippen molar-refractivity contribution in [1.82, 2.24) is 5.32 Å². The Balaban J connectivity index is 2.23. The average Bonchev–Trinajstić information content (AvgIpc) is 2.91. The number of carbonyl (C=O) groups excluding carboxylic acids is 1. The van der Waals surface area contributed by atoms with E-state index in [1.54, 1.807) is 6.92 Å². The van der Waals surface area contributed by atoms with Crippen molar-refractivity contribution < 1.29 is 9.18 Å². The average molecular weight is 222 g/mol. The molecule has 0 atom stereocenters. The number of amides is 1. The summed E-state index contributed by atoms with van der Waals surface area (Å²) in [7, 11) is 0. The number of hydrogen-bond donors (Lipinski definition) is 2. The Hall–Kier alpha value is -1.58. The summed E-state index contributed by atoms with van der Waals surface area (Å²) in [6.45, 7) is 3.56. The quantitative estimate of drug-likeness (QED) is 0.752. The highest BCUT2D eigenvalue weighted by Crippen LogP contribution is 2.34. The van der Waals surface area contributed by atoms with Crippen LogP contribution in [-0.2, 0) is 0 Å². The topological polar surface area (TPSA) is 55.1 Å². The van der Waals surface area contributed by atoms with Crippen LogP contribution in [-0.4, -0.2) is 11.4 Å². The second kappa shape index (κ2) is 3.47. The number of halogens is 1. The van der Waals surface area contributed by atoms with Crippen molar-refractivity contribution in [2.24, 2.45) is 0 Å². The van der Waals surface area contributed by atoms with Crippen molar-refractivity contribution in [2.45, 2.75) is 32.2 Å². The van der Waals surface area contributed by atoms with Gasteiger partial charge in [0.15, 0.2) is 0 Å². The van der Waals surface area contributed by atoms with Gasteiger partial charge in [0.25, 0.3) is 5.91 Å². The Bertz CT molecular complexity index is 429. The highest BCUT2D eigenvalue weighted by molar-refractivity contribution is 5.96. The lowest BCUT2D eigenvalue weighted by atomic mass is 10.1. The van der Waals surface area contributed by atoms with E-state index in [0.717, 1.165) is 12.8 Å². The molecule has 4 heteroatoms. The van der Waals surface area contributed by atoms with Gasteiger partial charge in [-0.1, -0.05) is 0 Å². The number of nitrogen functional groups attached to an aromatic ring is 1. The molecule has 1 aliphatic rings. The van der Waals surface area contributed by atoms with Crippen molar-refractivity contribution in [1.29, 1.82) is 0 Å². The fraction of sp³-hybridized carbons (Fsp3) is 0.417. The third-order valence-electron chi connectivity index (χ3n) is 3.06. The zero-order valence-corrected chi connectivity index (χ0v) is 9.43. The minimum absolute atomic E-state index is 0.104. The van der Waals surface area contributed by atoms with Crippen LogP contribution < -0.4 is 11.1 Å². The van der Waals surface area contributed by atoms with Crippen molar-refractivity contribution in [3.05, 3.63) is 29.1 Å². The lowest BCUT2D eigenvalue weighted by Crippen LogP contribution is -2.34. The van der Waals surface area contributed by atoms with Gasteiger partial charge in [0.05, 0.1) is 0 Å². The molecular weight excluding hydrogens is 207 g/mol. The molecule has 1 aromatic rings. The molecule has 0 aromatic heterocycles. The van der Waals surface area contributed by atoms with Gasteiger partial charge in [0.2, 0.25) is 0 Å². The molecule has 3 nitrogen and oxygen atoms in total. The molecule has 0 radical (unpaired) electrons. The Kier molecular flexibility index (Phi) is 2.37. The molecule has 1 fully saturated rings. The number of anilines is 1. The summed E-state index contributed by atoms with van der Waals surface area (Å²) in [6.07, 6.45) is 1.95. The normalized spacial score (nSPS) is 16.9. The predicted octanol–water partition coefficient (Wildman–Crippen LogP) is 2.00. The highest BCUT2D eigenvalue weighted by atomic mass is 19.1. The third-order valence-corrected chi connectivity index (χ3v) is 3.06. The number of hydrogen-bond acceptors (Lipinski definition) is 2. The van der Waals surface area contributed by atoms with E-state index < -0.39 is 5.82 Å². The fourth-order valence-corrected chi connectivity index (χ4v) is 1.49. The van der Waals surface area contributed by atoms with Gasteiger partial charge in [0, 0.05) is 22.4 Å². The first-order valence-corrected chi connectivity index (χ1v) is 5.29. The maximum atomic E-state index is 13.4. The van der Waals surface area contributed by atoms with Crippen molar-refractivity contribution in [3.8, 4) is 0 Å². The molecule has 1 saturated carbocycles. The first kappa shape index (κ1) is 10.9. The van der Waals surface area contributed by atoms with Crippen LogP contribution in [0.15, 0.2) is 12.1 Å². The maximum absolute atomic E-state index is 13.4. The van der Waals surface area contributed by atoms with Crippen LogP contribution in [0, 0.1) is 12.7 Å². The fourth-order valence-electron chi connectivity index (χ4n) is 1.49. The van der Waals surface area contributed by atoms with E-state index in [2.05, 4.69) is 5.32 Å². The number of nitrogens with two attached hydrogens (primary N) is 1. The summed E-state index contributed by atoms with van der Waals surface area (Å²) < 4.78 is 13.4. The van der Waals surface area contributed by atoms with Crippen LogP contribution in [0.1, 0.15) is 35.7 Å². The van der Waals surface area contributed by atoms with Crippen molar-refractivity contribution in [2.75, 3.05) is 5.73 Å². The van der Waals surface area contributed by atoms with Crippen molar-refractivity contribution >= 4 is 11.6 Å². The number of benzene rings is 1. The number of carbonyl (C=O) groups is 1. The lowest BCUT2D eigenvalue weighted by molar-refractivity contribution is 0.0935. The van der Waals surface area contributed by atoms with E-state index in [9.17, 15) is 9.18 Å². The van der Waals surface area contributed by atoms with Gasteiger partial charge < -0.3 is 11.1 Å². The lowest BCUT2D eigenvalue weighted by Gasteiger charge is -2.12.